The van der Waals surface area contributed by atoms with E-state index in [2.05, 4.69) is 10.2 Å². The van der Waals surface area contributed by atoms with Gasteiger partial charge in [-0.1, -0.05) is 36.4 Å². The molecule has 0 aliphatic heterocycles. The average molecular weight is 341 g/mol. The molecule has 2 aromatic heterocycles. The van der Waals surface area contributed by atoms with Gasteiger partial charge in [0.2, 0.25) is 0 Å². The van der Waals surface area contributed by atoms with Crippen molar-refractivity contribution in [3.8, 4) is 0 Å². The van der Waals surface area contributed by atoms with Gasteiger partial charge in [0.15, 0.2) is 0 Å². The molecule has 0 radical (unpaired) electrons. The third kappa shape index (κ3) is 3.90. The highest BCUT2D eigenvalue weighted by Gasteiger charge is 2.22. The number of H-pyrrole nitrogens is 1. The third-order valence-electron chi connectivity index (χ3n) is 3.69. The lowest BCUT2D eigenvalue weighted by atomic mass is 10.2. The van der Waals surface area contributed by atoms with E-state index in [0.717, 1.165) is 16.1 Å². The predicted octanol–water partition coefficient (Wildman–Crippen LogP) is 3.16. The molecular weight excluding hydrogens is 322 g/mol. The van der Waals surface area contributed by atoms with Crippen molar-refractivity contribution in [3.05, 3.63) is 75.7 Å². The maximum Gasteiger partial charge on any atom is 0.274 e. The van der Waals surface area contributed by atoms with Crippen LogP contribution in [0.4, 0.5) is 0 Å². The molecule has 3 aromatic rings. The first-order valence-corrected chi connectivity index (χ1v) is 8.58. The van der Waals surface area contributed by atoms with Crippen LogP contribution in [-0.2, 0) is 6.54 Å². The highest BCUT2D eigenvalue weighted by atomic mass is 32.1. The Balaban J connectivity index is 1.81. The molecule has 0 saturated carbocycles. The fourth-order valence-corrected chi connectivity index (χ4v) is 3.20. The van der Waals surface area contributed by atoms with Crippen molar-refractivity contribution < 1.29 is 9.90 Å². The van der Waals surface area contributed by atoms with E-state index in [4.69, 9.17) is 0 Å². The van der Waals surface area contributed by atoms with Crippen LogP contribution in [0.5, 0.6) is 0 Å². The Hall–Kier alpha value is -2.44. The molecule has 2 N–H and O–H groups in total. The first kappa shape index (κ1) is 16.4. The lowest BCUT2D eigenvalue weighted by Crippen LogP contribution is -2.34. The zero-order valence-electron chi connectivity index (χ0n) is 13.3. The molecule has 124 valence electrons. The van der Waals surface area contributed by atoms with Crippen molar-refractivity contribution in [1.82, 2.24) is 15.1 Å². The van der Waals surface area contributed by atoms with Crippen LogP contribution >= 0.6 is 11.3 Å². The van der Waals surface area contributed by atoms with Crippen LogP contribution < -0.4 is 0 Å². The number of benzene rings is 1. The highest BCUT2D eigenvalue weighted by molar-refractivity contribution is 7.10. The molecule has 1 aromatic carbocycles. The van der Waals surface area contributed by atoms with Crippen LogP contribution in [0.1, 0.15) is 32.7 Å². The van der Waals surface area contributed by atoms with E-state index in [-0.39, 0.29) is 12.5 Å². The summed E-state index contributed by atoms with van der Waals surface area (Å²) in [4.78, 5) is 15.3. The molecule has 0 aliphatic rings. The van der Waals surface area contributed by atoms with Gasteiger partial charge in [0.25, 0.3) is 5.91 Å². The molecule has 2 heterocycles. The summed E-state index contributed by atoms with van der Waals surface area (Å²) in [6, 6.07) is 15.2. The molecule has 0 bridgehead atoms. The van der Waals surface area contributed by atoms with Crippen molar-refractivity contribution >= 4 is 17.2 Å². The number of hydrogen-bond acceptors (Lipinski definition) is 4. The van der Waals surface area contributed by atoms with E-state index in [1.54, 1.807) is 11.0 Å². The molecule has 0 fully saturated rings. The molecule has 0 aliphatic carbocycles. The summed E-state index contributed by atoms with van der Waals surface area (Å²) in [5.41, 5.74) is 2.20. The Morgan fingerprint density at radius 1 is 1.29 bits per heavy atom. The minimum absolute atomic E-state index is 0.196. The fraction of sp³-hybridized carbons (Fsp3) is 0.222. The maximum absolute atomic E-state index is 12.8. The number of amides is 1. The number of nitrogens with one attached hydrogen (secondary N) is 1. The van der Waals surface area contributed by atoms with E-state index in [9.17, 15) is 9.90 Å². The van der Waals surface area contributed by atoms with Crippen LogP contribution in [0.25, 0.3) is 0 Å². The van der Waals surface area contributed by atoms with Gasteiger partial charge < -0.3 is 10.0 Å². The topological polar surface area (TPSA) is 69.2 Å². The summed E-state index contributed by atoms with van der Waals surface area (Å²) in [6.07, 6.45) is -0.710. The monoisotopic (exact) mass is 341 g/mol. The molecule has 0 unspecified atom stereocenters. The Morgan fingerprint density at radius 3 is 2.71 bits per heavy atom. The van der Waals surface area contributed by atoms with Gasteiger partial charge >= 0.3 is 0 Å². The van der Waals surface area contributed by atoms with Crippen LogP contribution in [0, 0.1) is 6.92 Å². The molecule has 1 atom stereocenters. The smallest absolute Gasteiger partial charge is 0.274 e. The van der Waals surface area contributed by atoms with E-state index < -0.39 is 6.10 Å². The number of aliphatic hydroxyl groups is 1. The van der Waals surface area contributed by atoms with Crippen molar-refractivity contribution in [2.45, 2.75) is 19.6 Å². The van der Waals surface area contributed by atoms with Crippen LogP contribution in [0.2, 0.25) is 0 Å². The normalized spacial score (nSPS) is 12.1. The second-order valence-electron chi connectivity index (χ2n) is 5.64. The summed E-state index contributed by atoms with van der Waals surface area (Å²) >= 11 is 1.48. The number of aromatic amines is 1. The average Bonchev–Trinajstić information content (AvgIpc) is 3.26. The number of nitrogens with zero attached hydrogens (tertiary/aromatic N) is 2. The Kier molecular flexibility index (Phi) is 5.08. The predicted molar refractivity (Wildman–Crippen MR) is 93.8 cm³/mol. The van der Waals surface area contributed by atoms with Crippen LogP contribution in [0.3, 0.4) is 0 Å². The first-order chi connectivity index (χ1) is 11.6. The van der Waals surface area contributed by atoms with E-state index >= 15 is 0 Å². The number of aryl methyl sites for hydroxylation is 1. The fourth-order valence-electron chi connectivity index (χ4n) is 2.49. The van der Waals surface area contributed by atoms with Gasteiger partial charge in [-0.15, -0.1) is 11.3 Å². The number of thiophene rings is 1. The van der Waals surface area contributed by atoms with E-state index in [1.807, 2.05) is 54.8 Å². The van der Waals surface area contributed by atoms with Gasteiger partial charge in [-0.2, -0.15) is 5.10 Å². The minimum atomic E-state index is -0.710. The summed E-state index contributed by atoms with van der Waals surface area (Å²) in [5.74, 6) is -0.196. The largest absolute Gasteiger partial charge is 0.386 e. The van der Waals surface area contributed by atoms with Crippen LogP contribution in [-0.4, -0.2) is 32.7 Å². The lowest BCUT2D eigenvalue weighted by Gasteiger charge is -2.24. The molecule has 3 rings (SSSR count). The SMILES string of the molecule is Cc1cc(C(=O)N(Cc2ccccc2)C[C@H](O)c2cccs2)n[nH]1. The third-order valence-corrected chi connectivity index (χ3v) is 4.67. The van der Waals surface area contributed by atoms with E-state index in [0.29, 0.717) is 12.2 Å². The van der Waals surface area contributed by atoms with Gasteiger partial charge in [-0.3, -0.25) is 9.89 Å². The molecular formula is C18H19N3O2S. The highest BCUT2D eigenvalue weighted by Crippen LogP contribution is 2.21. The number of carbonyl (C=O) groups excluding carboxylic acids is 1. The molecule has 6 heteroatoms. The number of aromatic nitrogens is 2. The van der Waals surface area contributed by atoms with Gasteiger partial charge in [0.05, 0.1) is 6.54 Å². The quantitative estimate of drug-likeness (QED) is 0.723. The van der Waals surface area contributed by atoms with Crippen molar-refractivity contribution in [1.29, 1.82) is 0 Å². The zero-order valence-corrected chi connectivity index (χ0v) is 14.2. The second-order valence-corrected chi connectivity index (χ2v) is 6.62. The second kappa shape index (κ2) is 7.42. The molecule has 0 spiro atoms. The Bertz CT molecular complexity index is 784. The summed E-state index contributed by atoms with van der Waals surface area (Å²) in [5, 5.41) is 19.2. The summed E-state index contributed by atoms with van der Waals surface area (Å²) < 4.78 is 0. The van der Waals surface area contributed by atoms with E-state index in [1.165, 1.54) is 11.3 Å². The minimum Gasteiger partial charge on any atom is -0.386 e. The van der Waals surface area contributed by atoms with Crippen molar-refractivity contribution in [2.24, 2.45) is 0 Å². The molecule has 0 saturated heterocycles. The molecule has 1 amide bonds. The number of rotatable bonds is 6. The zero-order chi connectivity index (χ0) is 16.9. The van der Waals surface area contributed by atoms with Gasteiger partial charge in [0, 0.05) is 17.1 Å². The van der Waals surface area contributed by atoms with Crippen molar-refractivity contribution in [3.63, 3.8) is 0 Å². The first-order valence-electron chi connectivity index (χ1n) is 7.70. The van der Waals surface area contributed by atoms with Gasteiger partial charge in [-0.05, 0) is 30.0 Å². The van der Waals surface area contributed by atoms with Crippen LogP contribution in [0.15, 0.2) is 53.9 Å². The Morgan fingerprint density at radius 2 is 2.08 bits per heavy atom. The summed E-state index contributed by atoms with van der Waals surface area (Å²) in [6.45, 7) is 2.50. The van der Waals surface area contributed by atoms with Gasteiger partial charge in [0.1, 0.15) is 11.8 Å². The number of hydrogen-bond donors (Lipinski definition) is 2. The Labute approximate surface area is 144 Å². The maximum atomic E-state index is 12.8. The molecule has 5 nitrogen and oxygen atoms in total. The van der Waals surface area contributed by atoms with Crippen molar-refractivity contribution in [2.75, 3.05) is 6.54 Å². The standard InChI is InChI=1S/C18H19N3O2S/c1-13-10-15(20-19-13)18(23)21(11-14-6-3-2-4-7-14)12-16(22)17-8-5-9-24-17/h2-10,16,22H,11-12H2,1H3,(H,19,20)/t16-/m0/s1. The lowest BCUT2D eigenvalue weighted by molar-refractivity contribution is 0.0603. The molecule has 24 heavy (non-hydrogen) atoms. The number of carbonyl (C=O) groups is 1. The number of aliphatic hydroxyl groups excluding tert-OH is 1. The van der Waals surface area contributed by atoms with Gasteiger partial charge in [-0.25, -0.2) is 0 Å². The summed E-state index contributed by atoms with van der Waals surface area (Å²) in [7, 11) is 0.